The number of allylic oxidation sites excluding steroid dienone is 2. The van der Waals surface area contributed by atoms with Crippen molar-refractivity contribution >= 4 is 5.91 Å². The molecule has 19 heteroatoms. The molecule has 3 fully saturated rings. The van der Waals surface area contributed by atoms with Crippen LogP contribution in [0.3, 0.4) is 0 Å². The molecule has 0 saturated carbocycles. The fraction of sp³-hybridized carbons (Fsp3) is 0.958. The normalized spacial score (nSPS) is 27.9. The smallest absolute Gasteiger partial charge is 0.220 e. The summed E-state index contributed by atoms with van der Waals surface area (Å²) in [6.07, 6.45) is 35.4. The first kappa shape index (κ1) is 83.8. The molecule has 1 amide bonds. The minimum absolute atomic E-state index is 0.241. The van der Waals surface area contributed by atoms with Crippen LogP contribution in [0.2, 0.25) is 0 Å². The number of unbranched alkanes of at least 4 members (excludes halogenated alkanes) is 41. The molecule has 0 aromatic carbocycles. The van der Waals surface area contributed by atoms with Crippen LogP contribution < -0.4 is 5.32 Å². The Hall–Kier alpha value is -1.47. The zero-order chi connectivity index (χ0) is 66.1. The highest BCUT2D eigenvalue weighted by molar-refractivity contribution is 5.76. The average Bonchev–Trinajstić information content (AvgIpc) is 1.40. The number of carbonyl (C=O) groups is 1. The van der Waals surface area contributed by atoms with Crippen molar-refractivity contribution in [3.05, 3.63) is 12.2 Å². The van der Waals surface area contributed by atoms with Gasteiger partial charge in [-0.2, -0.15) is 0 Å². The molecule has 3 rings (SSSR count). The molecule has 91 heavy (non-hydrogen) atoms. The maximum absolute atomic E-state index is 13.3. The van der Waals surface area contributed by atoms with Crippen molar-refractivity contribution in [2.24, 2.45) is 0 Å². The summed E-state index contributed by atoms with van der Waals surface area (Å²) in [7, 11) is 0. The lowest BCUT2D eigenvalue weighted by Gasteiger charge is -2.48. The van der Waals surface area contributed by atoms with Crippen LogP contribution in [0.5, 0.6) is 0 Å². The van der Waals surface area contributed by atoms with Gasteiger partial charge in [-0.15, -0.1) is 0 Å². The van der Waals surface area contributed by atoms with Crippen molar-refractivity contribution in [2.75, 3.05) is 26.4 Å². The van der Waals surface area contributed by atoms with E-state index in [0.717, 1.165) is 57.8 Å². The van der Waals surface area contributed by atoms with Gasteiger partial charge < -0.3 is 89.9 Å². The predicted molar refractivity (Wildman–Crippen MR) is 356 cm³/mol. The summed E-state index contributed by atoms with van der Waals surface area (Å²) in [5, 5.41) is 120. The first-order valence-electron chi connectivity index (χ1n) is 37.4. The molecular formula is C72H137NO18. The second kappa shape index (κ2) is 54.5. The average molecular weight is 1300 g/mol. The first-order valence-corrected chi connectivity index (χ1v) is 37.4. The summed E-state index contributed by atoms with van der Waals surface area (Å²) >= 11 is 0. The topological polar surface area (TPSA) is 307 Å². The molecule has 0 bridgehead atoms. The van der Waals surface area contributed by atoms with Crippen LogP contribution in [-0.4, -0.2) is 193 Å². The third kappa shape index (κ3) is 36.1. The molecule has 19 nitrogen and oxygen atoms in total. The van der Waals surface area contributed by atoms with Crippen molar-refractivity contribution in [3.8, 4) is 0 Å². The highest BCUT2D eigenvalue weighted by Crippen LogP contribution is 2.33. The van der Waals surface area contributed by atoms with Crippen LogP contribution in [0.1, 0.15) is 309 Å². The number of amides is 1. The molecule has 538 valence electrons. The zero-order valence-electron chi connectivity index (χ0n) is 57.1. The fourth-order valence-corrected chi connectivity index (χ4v) is 13.0. The fourth-order valence-electron chi connectivity index (χ4n) is 13.0. The number of ether oxygens (including phenoxy) is 6. The van der Waals surface area contributed by atoms with E-state index in [4.69, 9.17) is 28.4 Å². The molecule has 3 heterocycles. The molecule has 0 spiro atoms. The van der Waals surface area contributed by atoms with Gasteiger partial charge in [0.05, 0.1) is 38.6 Å². The highest BCUT2D eigenvalue weighted by atomic mass is 16.8. The van der Waals surface area contributed by atoms with Crippen molar-refractivity contribution in [1.82, 2.24) is 5.32 Å². The van der Waals surface area contributed by atoms with E-state index in [0.29, 0.717) is 12.8 Å². The number of hydrogen-bond donors (Lipinski definition) is 12. The maximum atomic E-state index is 13.3. The van der Waals surface area contributed by atoms with Crippen molar-refractivity contribution < 1.29 is 89.4 Å². The van der Waals surface area contributed by atoms with Crippen LogP contribution in [0.15, 0.2) is 12.2 Å². The van der Waals surface area contributed by atoms with Crippen molar-refractivity contribution in [2.45, 2.75) is 413 Å². The van der Waals surface area contributed by atoms with E-state index in [1.807, 2.05) is 0 Å². The van der Waals surface area contributed by atoms with E-state index in [-0.39, 0.29) is 18.9 Å². The van der Waals surface area contributed by atoms with Gasteiger partial charge in [0, 0.05) is 6.42 Å². The standard InChI is InChI=1S/C72H137NO18/c1-3-5-7-9-11-12-13-14-15-16-17-18-19-20-21-22-23-24-25-26-27-28-29-30-31-32-33-34-35-36-37-38-39-40-41-42-44-46-48-50-60(78)73-55(56(77)49-47-45-43-10-8-6-4-2)54-86-70-66(84)63(81)68(58(52-75)88-70)91-72-67(85)64(82)69(59(53-76)89-72)90-71-65(83)62(80)61(79)57(51-74)87-71/h16-17,55-59,61-72,74-77,79-85H,3-15,18-54H2,1-2H3,(H,73,78)/b17-16-. The molecular weight excluding hydrogens is 1170 g/mol. The van der Waals surface area contributed by atoms with Gasteiger partial charge in [0.25, 0.3) is 0 Å². The van der Waals surface area contributed by atoms with Gasteiger partial charge >= 0.3 is 0 Å². The lowest BCUT2D eigenvalue weighted by atomic mass is 9.96. The number of hydrogen-bond acceptors (Lipinski definition) is 18. The van der Waals surface area contributed by atoms with Crippen LogP contribution in [0.25, 0.3) is 0 Å². The van der Waals surface area contributed by atoms with Gasteiger partial charge in [-0.1, -0.05) is 276 Å². The molecule has 3 aliphatic rings. The molecule has 17 atom stereocenters. The minimum atomic E-state index is -1.97. The number of rotatable bonds is 59. The summed E-state index contributed by atoms with van der Waals surface area (Å²) in [6, 6.07) is -0.880. The second-order valence-corrected chi connectivity index (χ2v) is 27.1. The Balaban J connectivity index is 1.22. The van der Waals surface area contributed by atoms with Gasteiger partial charge in [0.2, 0.25) is 5.91 Å². The summed E-state index contributed by atoms with van der Waals surface area (Å²) in [4.78, 5) is 13.3. The Morgan fingerprint density at radius 1 is 0.385 bits per heavy atom. The van der Waals surface area contributed by atoms with Crippen LogP contribution in [0, 0.1) is 0 Å². The molecule has 0 aromatic heterocycles. The van der Waals surface area contributed by atoms with E-state index in [1.165, 1.54) is 218 Å². The molecule has 12 N–H and O–H groups in total. The third-order valence-corrected chi connectivity index (χ3v) is 19.1. The second-order valence-electron chi connectivity index (χ2n) is 27.1. The number of nitrogens with one attached hydrogen (secondary N) is 1. The molecule has 17 unspecified atom stereocenters. The molecule has 0 aromatic rings. The Morgan fingerprint density at radius 2 is 0.692 bits per heavy atom. The third-order valence-electron chi connectivity index (χ3n) is 19.1. The minimum Gasteiger partial charge on any atom is -0.394 e. The van der Waals surface area contributed by atoms with Crippen molar-refractivity contribution in [3.63, 3.8) is 0 Å². The van der Waals surface area contributed by atoms with Gasteiger partial charge in [0.15, 0.2) is 18.9 Å². The highest BCUT2D eigenvalue weighted by Gasteiger charge is 2.53. The van der Waals surface area contributed by atoms with Gasteiger partial charge in [0.1, 0.15) is 73.2 Å². The first-order chi connectivity index (χ1) is 44.3. The Labute approximate surface area is 550 Å². The zero-order valence-corrected chi connectivity index (χ0v) is 57.1. The Kier molecular flexibility index (Phi) is 50.2. The van der Waals surface area contributed by atoms with Gasteiger partial charge in [-0.05, 0) is 38.5 Å². The summed E-state index contributed by atoms with van der Waals surface area (Å²) in [5.74, 6) is -0.241. The van der Waals surface area contributed by atoms with Crippen LogP contribution in [0.4, 0.5) is 0 Å². The van der Waals surface area contributed by atoms with Crippen molar-refractivity contribution in [1.29, 1.82) is 0 Å². The van der Waals surface area contributed by atoms with E-state index < -0.39 is 124 Å². The molecule has 0 radical (unpaired) electrons. The lowest BCUT2D eigenvalue weighted by molar-refractivity contribution is -0.379. The van der Waals surface area contributed by atoms with Gasteiger partial charge in [-0.3, -0.25) is 4.79 Å². The molecule has 0 aliphatic carbocycles. The van der Waals surface area contributed by atoms with E-state index in [2.05, 4.69) is 31.3 Å². The summed E-state index contributed by atoms with van der Waals surface area (Å²) < 4.78 is 34.3. The summed E-state index contributed by atoms with van der Waals surface area (Å²) in [5.41, 5.74) is 0. The predicted octanol–water partition coefficient (Wildman–Crippen LogP) is 10.8. The number of aliphatic hydroxyl groups is 11. The number of aliphatic hydroxyl groups excluding tert-OH is 11. The monoisotopic (exact) mass is 1300 g/mol. The van der Waals surface area contributed by atoms with E-state index >= 15 is 0 Å². The Morgan fingerprint density at radius 3 is 1.07 bits per heavy atom. The lowest BCUT2D eigenvalue weighted by Crippen LogP contribution is -2.66. The quantitative estimate of drug-likeness (QED) is 0.0199. The molecule has 3 saturated heterocycles. The van der Waals surface area contributed by atoms with E-state index in [1.54, 1.807) is 0 Å². The van der Waals surface area contributed by atoms with E-state index in [9.17, 15) is 61.0 Å². The van der Waals surface area contributed by atoms with Crippen LogP contribution >= 0.6 is 0 Å². The largest absolute Gasteiger partial charge is 0.394 e. The number of carbonyl (C=O) groups excluding carboxylic acids is 1. The molecule has 3 aliphatic heterocycles. The SMILES string of the molecule is CCCCCCCCCC/C=C\CCCCCCCCCCCCCCCCCCCCCCCCCCCCCC(=O)NC(COC1OC(CO)C(OC2OC(CO)C(OC3OC(CO)C(O)C(O)C3O)C(O)C2O)C(O)C1O)C(O)CCCCCCCCC. The summed E-state index contributed by atoms with van der Waals surface area (Å²) in [6.45, 7) is 1.76. The Bertz CT molecular complexity index is 1700. The van der Waals surface area contributed by atoms with Crippen LogP contribution in [-0.2, 0) is 33.2 Å². The van der Waals surface area contributed by atoms with Gasteiger partial charge in [-0.25, -0.2) is 0 Å². The maximum Gasteiger partial charge on any atom is 0.220 e.